The number of aryl methyl sites for hydroxylation is 1. The maximum atomic E-state index is 10.8. The maximum Gasteiger partial charge on any atom is 0.126 e. The fourth-order valence-electron chi connectivity index (χ4n) is 3.20. The van der Waals surface area contributed by atoms with E-state index in [0.29, 0.717) is 0 Å². The number of benzene rings is 1. The van der Waals surface area contributed by atoms with Gasteiger partial charge in [0.25, 0.3) is 0 Å². The summed E-state index contributed by atoms with van der Waals surface area (Å²) >= 11 is 0. The summed E-state index contributed by atoms with van der Waals surface area (Å²) in [6.45, 7) is 9.33. The molecule has 0 spiro atoms. The van der Waals surface area contributed by atoms with Gasteiger partial charge in [0.2, 0.25) is 0 Å². The molecular weight excluding hydrogens is 250 g/mol. The van der Waals surface area contributed by atoms with Crippen LogP contribution in [0.4, 0.5) is 0 Å². The summed E-state index contributed by atoms with van der Waals surface area (Å²) < 4.78 is 6.16. The molecule has 3 nitrogen and oxygen atoms in total. The van der Waals surface area contributed by atoms with E-state index in [1.165, 1.54) is 0 Å². The molecule has 0 aliphatic carbocycles. The first-order valence-corrected chi connectivity index (χ1v) is 7.54. The molecule has 0 radical (unpaired) electrons. The van der Waals surface area contributed by atoms with Crippen LogP contribution in [0.15, 0.2) is 18.2 Å². The van der Waals surface area contributed by atoms with Gasteiger partial charge in [-0.3, -0.25) is 4.90 Å². The zero-order chi connectivity index (χ0) is 14.9. The van der Waals surface area contributed by atoms with Crippen molar-refractivity contribution in [3.05, 3.63) is 29.3 Å². The summed E-state index contributed by atoms with van der Waals surface area (Å²) in [5.41, 5.74) is 1.67. The highest BCUT2D eigenvalue weighted by molar-refractivity contribution is 5.42. The summed E-state index contributed by atoms with van der Waals surface area (Å²) in [5.74, 6) is 0.813. The van der Waals surface area contributed by atoms with E-state index in [1.54, 1.807) is 0 Å². The van der Waals surface area contributed by atoms with Crippen molar-refractivity contribution in [2.45, 2.75) is 58.3 Å². The Morgan fingerprint density at radius 3 is 2.70 bits per heavy atom. The van der Waals surface area contributed by atoms with Gasteiger partial charge in [-0.1, -0.05) is 25.0 Å². The minimum Gasteiger partial charge on any atom is -0.486 e. The standard InChI is InChI=1S/C17H27NO2/c1-6-7-10-18(5)16-15(19)13-11-12(2)8-9-14(13)20-17(16,3)4/h8-9,11,15-16,19H,6-7,10H2,1-5H3. The number of aliphatic hydroxyl groups is 1. The van der Waals surface area contributed by atoms with Crippen molar-refractivity contribution in [1.29, 1.82) is 0 Å². The Balaban J connectivity index is 2.33. The predicted molar refractivity (Wildman–Crippen MR) is 82.2 cm³/mol. The summed E-state index contributed by atoms with van der Waals surface area (Å²) in [6.07, 6.45) is 1.79. The third kappa shape index (κ3) is 2.84. The van der Waals surface area contributed by atoms with Crippen LogP contribution in [0.2, 0.25) is 0 Å². The number of fused-ring (bicyclic) bond motifs is 1. The number of unbranched alkanes of at least 4 members (excludes halogenated alkanes) is 1. The molecule has 1 aromatic carbocycles. The van der Waals surface area contributed by atoms with E-state index in [4.69, 9.17) is 4.74 Å². The van der Waals surface area contributed by atoms with Crippen molar-refractivity contribution in [2.24, 2.45) is 0 Å². The number of likely N-dealkylation sites (N-methyl/N-ethyl adjacent to an activating group) is 1. The van der Waals surface area contributed by atoms with E-state index in [0.717, 1.165) is 36.3 Å². The highest BCUT2D eigenvalue weighted by atomic mass is 16.5. The third-order valence-electron chi connectivity index (χ3n) is 4.21. The van der Waals surface area contributed by atoms with Crippen molar-refractivity contribution in [3.63, 3.8) is 0 Å². The second-order valence-electron chi connectivity index (χ2n) is 6.47. The molecule has 112 valence electrons. The average Bonchev–Trinajstić information content (AvgIpc) is 2.36. The van der Waals surface area contributed by atoms with Crippen LogP contribution < -0.4 is 4.74 Å². The molecule has 1 aromatic rings. The van der Waals surface area contributed by atoms with Crippen LogP contribution >= 0.6 is 0 Å². The average molecular weight is 277 g/mol. The first kappa shape index (κ1) is 15.3. The van der Waals surface area contributed by atoms with Crippen molar-refractivity contribution in [1.82, 2.24) is 4.90 Å². The lowest BCUT2D eigenvalue weighted by molar-refractivity contribution is -0.0749. The summed E-state index contributed by atoms with van der Waals surface area (Å²) in [7, 11) is 2.08. The van der Waals surface area contributed by atoms with Gasteiger partial charge in [0, 0.05) is 5.56 Å². The van der Waals surface area contributed by atoms with Crippen LogP contribution in [0.1, 0.15) is 50.8 Å². The van der Waals surface area contributed by atoms with E-state index in [9.17, 15) is 5.11 Å². The number of rotatable bonds is 4. The Morgan fingerprint density at radius 1 is 1.35 bits per heavy atom. The van der Waals surface area contributed by atoms with Crippen molar-refractivity contribution >= 4 is 0 Å². The van der Waals surface area contributed by atoms with Gasteiger partial charge >= 0.3 is 0 Å². The van der Waals surface area contributed by atoms with Gasteiger partial charge in [-0.2, -0.15) is 0 Å². The molecule has 0 saturated carbocycles. The molecule has 1 aliphatic heterocycles. The molecule has 0 aromatic heterocycles. The van der Waals surface area contributed by atoms with Crippen LogP contribution in [0.3, 0.4) is 0 Å². The molecule has 2 atom stereocenters. The molecule has 20 heavy (non-hydrogen) atoms. The van der Waals surface area contributed by atoms with Crippen molar-refractivity contribution < 1.29 is 9.84 Å². The van der Waals surface area contributed by atoms with E-state index in [-0.39, 0.29) is 6.04 Å². The predicted octanol–water partition coefficient (Wildman–Crippen LogP) is 3.30. The van der Waals surface area contributed by atoms with Crippen molar-refractivity contribution in [2.75, 3.05) is 13.6 Å². The lowest BCUT2D eigenvalue weighted by Gasteiger charge is -2.47. The summed E-state index contributed by atoms with van der Waals surface area (Å²) in [4.78, 5) is 2.24. The third-order valence-corrected chi connectivity index (χ3v) is 4.21. The van der Waals surface area contributed by atoms with E-state index in [1.807, 2.05) is 25.1 Å². The Hall–Kier alpha value is -1.06. The summed E-state index contributed by atoms with van der Waals surface area (Å²) in [6, 6.07) is 6.01. The molecule has 2 unspecified atom stereocenters. The lowest BCUT2D eigenvalue weighted by atomic mass is 9.84. The highest BCUT2D eigenvalue weighted by Gasteiger charge is 2.45. The largest absolute Gasteiger partial charge is 0.486 e. The van der Waals surface area contributed by atoms with Crippen molar-refractivity contribution in [3.8, 4) is 5.75 Å². The molecular formula is C17H27NO2. The molecule has 1 N–H and O–H groups in total. The van der Waals surface area contributed by atoms with Crippen LogP contribution in [0, 0.1) is 6.92 Å². The Morgan fingerprint density at radius 2 is 2.05 bits per heavy atom. The highest BCUT2D eigenvalue weighted by Crippen LogP contribution is 2.42. The van der Waals surface area contributed by atoms with Crippen LogP contribution in [0.5, 0.6) is 5.75 Å². The second-order valence-corrected chi connectivity index (χ2v) is 6.47. The second kappa shape index (κ2) is 5.74. The lowest BCUT2D eigenvalue weighted by Crippen LogP contribution is -2.57. The van der Waals surface area contributed by atoms with E-state index >= 15 is 0 Å². The molecule has 0 saturated heterocycles. The SMILES string of the molecule is CCCCN(C)C1C(O)c2cc(C)ccc2OC1(C)C. The number of hydrogen-bond donors (Lipinski definition) is 1. The fourth-order valence-corrected chi connectivity index (χ4v) is 3.20. The Labute approximate surface area is 122 Å². The van der Waals surface area contributed by atoms with Crippen LogP contribution in [-0.4, -0.2) is 35.2 Å². The van der Waals surface area contributed by atoms with Gasteiger partial charge in [-0.15, -0.1) is 0 Å². The molecule has 1 heterocycles. The van der Waals surface area contributed by atoms with Crippen LogP contribution in [0.25, 0.3) is 0 Å². The zero-order valence-electron chi connectivity index (χ0n) is 13.3. The quantitative estimate of drug-likeness (QED) is 0.916. The summed E-state index contributed by atoms with van der Waals surface area (Å²) in [5, 5.41) is 10.8. The van der Waals surface area contributed by atoms with Gasteiger partial charge in [0.1, 0.15) is 17.5 Å². The minimum absolute atomic E-state index is 0.0247. The molecule has 0 amide bonds. The zero-order valence-corrected chi connectivity index (χ0v) is 13.3. The van der Waals surface area contributed by atoms with Gasteiger partial charge in [0.15, 0.2) is 0 Å². The van der Waals surface area contributed by atoms with Gasteiger partial charge in [-0.25, -0.2) is 0 Å². The molecule has 2 rings (SSSR count). The first-order valence-electron chi connectivity index (χ1n) is 7.54. The minimum atomic E-state index is -0.504. The van der Waals surface area contributed by atoms with Gasteiger partial charge < -0.3 is 9.84 Å². The van der Waals surface area contributed by atoms with E-state index < -0.39 is 11.7 Å². The Bertz CT molecular complexity index is 470. The fraction of sp³-hybridized carbons (Fsp3) is 0.647. The number of aliphatic hydroxyl groups excluding tert-OH is 1. The number of ether oxygens (including phenoxy) is 1. The topological polar surface area (TPSA) is 32.7 Å². The molecule has 0 fully saturated rings. The molecule has 3 heteroatoms. The van der Waals surface area contributed by atoms with Crippen LogP contribution in [-0.2, 0) is 0 Å². The molecule has 0 bridgehead atoms. The first-order chi connectivity index (χ1) is 9.36. The number of hydrogen-bond acceptors (Lipinski definition) is 3. The smallest absolute Gasteiger partial charge is 0.126 e. The Kier molecular flexibility index (Phi) is 4.40. The molecule has 1 aliphatic rings. The number of nitrogens with zero attached hydrogens (tertiary/aromatic N) is 1. The normalized spacial score (nSPS) is 24.4. The monoisotopic (exact) mass is 277 g/mol. The van der Waals surface area contributed by atoms with E-state index in [2.05, 4.69) is 32.7 Å². The van der Waals surface area contributed by atoms with Gasteiger partial charge in [0.05, 0.1) is 6.04 Å². The maximum absolute atomic E-state index is 10.8. The van der Waals surface area contributed by atoms with Gasteiger partial charge in [-0.05, 0) is 52.9 Å².